The maximum absolute atomic E-state index is 10.9. The van der Waals surface area contributed by atoms with Gasteiger partial charge in [-0.2, -0.15) is 39.5 Å². The van der Waals surface area contributed by atoms with E-state index in [0.717, 1.165) is 0 Å². The van der Waals surface area contributed by atoms with Crippen LogP contribution in [0.25, 0.3) is 0 Å². The molecule has 16 heteroatoms. The van der Waals surface area contributed by atoms with Crippen LogP contribution in [0.1, 0.15) is 19.3 Å². The Morgan fingerprint density at radius 3 is 0.640 bits per heavy atom. The standard InChI is InChI=1S/3C3H3F3O2.Bi/c3*4-3(5,6)1-2(7)8;/h3*1H2,(H,7,8);/q;;;+3/p-3. The van der Waals surface area contributed by atoms with Crippen LogP contribution in [0.15, 0.2) is 0 Å². The number of carboxylic acid groups (broad SMARTS) is 3. The molecule has 0 aromatic rings. The van der Waals surface area contributed by atoms with E-state index in [1.165, 1.54) is 0 Å². The molecule has 0 aromatic carbocycles. The van der Waals surface area contributed by atoms with Crippen molar-refractivity contribution in [3.8, 4) is 0 Å². The normalized spacial score (nSPS) is 10.9. The van der Waals surface area contributed by atoms with Crippen LogP contribution in [0, 0.1) is 0 Å². The Morgan fingerprint density at radius 2 is 0.640 bits per heavy atom. The predicted octanol–water partition coefficient (Wildman–Crippen LogP) is -1.31. The molecule has 0 bridgehead atoms. The van der Waals surface area contributed by atoms with E-state index in [0.29, 0.717) is 0 Å². The van der Waals surface area contributed by atoms with Crippen LogP contribution in [0.2, 0.25) is 0 Å². The van der Waals surface area contributed by atoms with Gasteiger partial charge in [-0.3, -0.25) is 0 Å². The fourth-order valence-corrected chi connectivity index (χ4v) is 0.491. The van der Waals surface area contributed by atoms with Crippen LogP contribution in [-0.2, 0) is 14.4 Å². The molecule has 0 aliphatic carbocycles. The van der Waals surface area contributed by atoms with E-state index in [4.69, 9.17) is 0 Å². The number of halogens is 9. The summed E-state index contributed by atoms with van der Waals surface area (Å²) in [6.45, 7) is 0. The second kappa shape index (κ2) is 12.9. The summed E-state index contributed by atoms with van der Waals surface area (Å²) < 4.78 is 98.0. The van der Waals surface area contributed by atoms with E-state index in [2.05, 4.69) is 0 Å². The zero-order valence-electron chi connectivity index (χ0n) is 11.4. The molecule has 0 saturated carbocycles. The molecule has 0 amide bonds. The van der Waals surface area contributed by atoms with Crippen molar-refractivity contribution >= 4 is 44.1 Å². The Morgan fingerprint density at radius 1 is 0.520 bits per heavy atom. The van der Waals surface area contributed by atoms with E-state index in [1.54, 1.807) is 0 Å². The topological polar surface area (TPSA) is 120 Å². The van der Waals surface area contributed by atoms with E-state index >= 15 is 0 Å². The first-order valence-electron chi connectivity index (χ1n) is 5.05. The van der Waals surface area contributed by atoms with Crippen LogP contribution in [0.4, 0.5) is 39.5 Å². The number of aliphatic carboxylic acids is 3. The molecule has 0 fully saturated rings. The number of carbonyl (C=O) groups is 3. The van der Waals surface area contributed by atoms with Crippen molar-refractivity contribution in [2.24, 2.45) is 0 Å². The van der Waals surface area contributed by atoms with Gasteiger partial charge in [0.15, 0.2) is 0 Å². The third kappa shape index (κ3) is 51.8. The molecule has 25 heavy (non-hydrogen) atoms. The third-order valence-electron chi connectivity index (χ3n) is 1.03. The van der Waals surface area contributed by atoms with Crippen LogP contribution < -0.4 is 15.3 Å². The van der Waals surface area contributed by atoms with Gasteiger partial charge in [0.2, 0.25) is 0 Å². The van der Waals surface area contributed by atoms with Gasteiger partial charge in [0.25, 0.3) is 0 Å². The molecule has 0 aliphatic rings. The Kier molecular flexibility index (Phi) is 16.3. The Bertz CT molecular complexity index is 353. The van der Waals surface area contributed by atoms with Gasteiger partial charge in [0.1, 0.15) is 0 Å². The molecule has 0 atom stereocenters. The molecular formula is C9H6BiF9O6. The Balaban J connectivity index is -0.000000130. The summed E-state index contributed by atoms with van der Waals surface area (Å²) in [5, 5.41) is 27.6. The molecule has 0 rings (SSSR count). The summed E-state index contributed by atoms with van der Waals surface area (Å²) in [5.41, 5.74) is 0. The molecule has 0 aliphatic heterocycles. The summed E-state index contributed by atoms with van der Waals surface area (Å²) >= 11 is 0. The molecule has 146 valence electrons. The van der Waals surface area contributed by atoms with Crippen molar-refractivity contribution in [2.75, 3.05) is 0 Å². The zero-order chi connectivity index (χ0) is 20.4. The van der Waals surface area contributed by atoms with Crippen LogP contribution in [-0.4, -0.2) is 62.6 Å². The van der Waals surface area contributed by atoms with Gasteiger partial charge in [-0.1, -0.05) is 0 Å². The minimum absolute atomic E-state index is 0. The van der Waals surface area contributed by atoms with Crippen LogP contribution in [0.3, 0.4) is 0 Å². The van der Waals surface area contributed by atoms with Crippen molar-refractivity contribution < 1.29 is 69.2 Å². The first kappa shape index (κ1) is 31.4. The largest absolute Gasteiger partial charge is 3.00 e. The van der Waals surface area contributed by atoms with Crippen LogP contribution >= 0.6 is 0 Å². The summed E-state index contributed by atoms with van der Waals surface area (Å²) in [6.07, 6.45) is -19.5. The van der Waals surface area contributed by atoms with Gasteiger partial charge in [-0.25, -0.2) is 0 Å². The molecule has 0 aromatic heterocycles. The first-order chi connectivity index (χ1) is 10.2. The molecule has 0 N–H and O–H groups in total. The SMILES string of the molecule is O=C([O-])CC(F)(F)F.O=C([O-])CC(F)(F)F.O=C([O-])CC(F)(F)F.[Bi+3]. The van der Waals surface area contributed by atoms with Gasteiger partial charge in [0, 0.05) is 0 Å². The summed E-state index contributed by atoms with van der Waals surface area (Å²) in [4.78, 5) is 27.6. The second-order valence-electron chi connectivity index (χ2n) is 3.49. The van der Waals surface area contributed by atoms with Gasteiger partial charge >= 0.3 is 44.7 Å². The maximum Gasteiger partial charge on any atom is 3.00 e. The summed E-state index contributed by atoms with van der Waals surface area (Å²) in [5.74, 6) is -6.30. The van der Waals surface area contributed by atoms with Crippen molar-refractivity contribution in [3.05, 3.63) is 0 Å². The minimum Gasteiger partial charge on any atom is -0.550 e. The Labute approximate surface area is 151 Å². The molecule has 0 unspecified atom stereocenters. The molecular weight excluding hydrogens is 584 g/mol. The second-order valence-corrected chi connectivity index (χ2v) is 3.49. The zero-order valence-corrected chi connectivity index (χ0v) is 14.9. The number of carbonyl (C=O) groups excluding carboxylic acids is 3. The van der Waals surface area contributed by atoms with Crippen molar-refractivity contribution in [2.45, 2.75) is 37.8 Å². The van der Waals surface area contributed by atoms with E-state index in [1.807, 2.05) is 0 Å². The van der Waals surface area contributed by atoms with Crippen LogP contribution in [0.5, 0.6) is 0 Å². The number of hydrogen-bond donors (Lipinski definition) is 0. The fraction of sp³-hybridized carbons (Fsp3) is 0.667. The quantitative estimate of drug-likeness (QED) is 0.298. The average molecular weight is 590 g/mol. The smallest absolute Gasteiger partial charge is 0.550 e. The summed E-state index contributed by atoms with van der Waals surface area (Å²) in [6, 6.07) is 0. The monoisotopic (exact) mass is 590 g/mol. The number of alkyl halides is 9. The number of rotatable bonds is 3. The fourth-order valence-electron chi connectivity index (χ4n) is 0.491. The molecule has 2 radical (unpaired) electrons. The van der Waals surface area contributed by atoms with Gasteiger partial charge in [-0.05, 0) is 0 Å². The van der Waals surface area contributed by atoms with Gasteiger partial charge in [-0.15, -0.1) is 0 Å². The van der Waals surface area contributed by atoms with Crippen molar-refractivity contribution in [3.63, 3.8) is 0 Å². The molecule has 0 saturated heterocycles. The molecule has 0 spiro atoms. The molecule has 0 heterocycles. The number of hydrogen-bond acceptors (Lipinski definition) is 6. The average Bonchev–Trinajstić information content (AvgIpc) is 2.04. The predicted molar refractivity (Wildman–Crippen MR) is 52.8 cm³/mol. The van der Waals surface area contributed by atoms with E-state index in [9.17, 15) is 69.2 Å². The van der Waals surface area contributed by atoms with E-state index < -0.39 is 55.7 Å². The van der Waals surface area contributed by atoms with E-state index in [-0.39, 0.29) is 26.2 Å². The van der Waals surface area contributed by atoms with Crippen molar-refractivity contribution in [1.82, 2.24) is 0 Å². The van der Waals surface area contributed by atoms with Gasteiger partial charge < -0.3 is 29.7 Å². The third-order valence-corrected chi connectivity index (χ3v) is 1.03. The summed E-state index contributed by atoms with van der Waals surface area (Å²) in [7, 11) is 0. The maximum atomic E-state index is 10.9. The molecule has 6 nitrogen and oxygen atoms in total. The van der Waals surface area contributed by atoms with Gasteiger partial charge in [0.05, 0.1) is 37.2 Å². The minimum atomic E-state index is -4.64. The Hall–Kier alpha value is -1.34. The van der Waals surface area contributed by atoms with Crippen molar-refractivity contribution in [1.29, 1.82) is 0 Å². The first-order valence-corrected chi connectivity index (χ1v) is 5.05. The number of carboxylic acids is 3.